The van der Waals surface area contributed by atoms with Crippen LogP contribution in [0.1, 0.15) is 18.1 Å². The van der Waals surface area contributed by atoms with Crippen LogP contribution in [0.4, 0.5) is 11.6 Å². The number of halogens is 1. The van der Waals surface area contributed by atoms with Gasteiger partial charge in [0, 0.05) is 48.7 Å². The Morgan fingerprint density at radius 1 is 1.00 bits per heavy atom. The van der Waals surface area contributed by atoms with Gasteiger partial charge in [-0.3, -0.25) is 0 Å². The predicted molar refractivity (Wildman–Crippen MR) is 134 cm³/mol. The maximum Gasteiger partial charge on any atom is 0.180 e. The number of methoxy groups -OCH3 is 1. The van der Waals surface area contributed by atoms with Crippen molar-refractivity contribution in [3.8, 4) is 5.75 Å². The maximum absolute atomic E-state index is 11.3. The highest BCUT2D eigenvalue weighted by Crippen LogP contribution is 2.33. The van der Waals surface area contributed by atoms with Gasteiger partial charge in [0.05, 0.1) is 23.7 Å². The number of nitrogens with zero attached hydrogens (tertiary/aromatic N) is 6. The minimum atomic E-state index is 0.480. The molecule has 0 spiro atoms. The van der Waals surface area contributed by atoms with Gasteiger partial charge in [-0.1, -0.05) is 17.7 Å². The molecule has 0 unspecified atom stereocenters. The van der Waals surface area contributed by atoms with Crippen LogP contribution in [-0.4, -0.2) is 32.1 Å². The van der Waals surface area contributed by atoms with E-state index in [1.165, 1.54) is 12.4 Å². The van der Waals surface area contributed by atoms with Crippen molar-refractivity contribution in [2.75, 3.05) is 17.7 Å². The zero-order valence-electron chi connectivity index (χ0n) is 19.2. The molecule has 1 aromatic carbocycles. The number of benzene rings is 1. The van der Waals surface area contributed by atoms with Crippen LogP contribution in [0.3, 0.4) is 0 Å². The maximum atomic E-state index is 11.3. The van der Waals surface area contributed by atoms with E-state index in [-0.39, 0.29) is 0 Å². The van der Waals surface area contributed by atoms with Gasteiger partial charge in [0.25, 0.3) is 0 Å². The van der Waals surface area contributed by atoms with Gasteiger partial charge in [-0.15, -0.1) is 10.2 Å². The number of hydrogen-bond acceptors (Lipinski definition) is 8. The topological polar surface area (TPSA) is 117 Å². The summed E-state index contributed by atoms with van der Waals surface area (Å²) in [5.74, 6) is 1.84. The summed E-state index contributed by atoms with van der Waals surface area (Å²) in [5.41, 5.74) is 2.69. The summed E-state index contributed by atoms with van der Waals surface area (Å²) in [7, 11) is 1.59. The van der Waals surface area contributed by atoms with Crippen LogP contribution in [0, 0.1) is 5.21 Å². The molecule has 35 heavy (non-hydrogen) atoms. The van der Waals surface area contributed by atoms with E-state index in [1.807, 2.05) is 29.8 Å². The third-order valence-corrected chi connectivity index (χ3v) is 6.01. The first-order valence-electron chi connectivity index (χ1n) is 11.1. The van der Waals surface area contributed by atoms with Gasteiger partial charge in [-0.25, -0.2) is 9.67 Å². The number of ether oxygens (including phenoxy) is 1. The van der Waals surface area contributed by atoms with Crippen molar-refractivity contribution in [2.24, 2.45) is 0 Å². The average Bonchev–Trinajstić information content (AvgIpc) is 3.31. The van der Waals surface area contributed by atoms with Crippen molar-refractivity contribution in [3.05, 3.63) is 76.5 Å². The van der Waals surface area contributed by atoms with Gasteiger partial charge in [0.2, 0.25) is 0 Å². The predicted octanol–water partition coefficient (Wildman–Crippen LogP) is 3.91. The van der Waals surface area contributed by atoms with E-state index in [4.69, 9.17) is 16.3 Å². The molecule has 11 heteroatoms. The van der Waals surface area contributed by atoms with E-state index in [9.17, 15) is 5.21 Å². The summed E-state index contributed by atoms with van der Waals surface area (Å²) >= 11 is 6.29. The molecule has 0 saturated carbocycles. The number of aromatic nitrogens is 6. The summed E-state index contributed by atoms with van der Waals surface area (Å²) in [6.07, 6.45) is 6.51. The molecule has 2 N–H and O–H groups in total. The number of pyridine rings is 2. The molecular formula is C24H23ClN8O2. The highest BCUT2D eigenvalue weighted by Gasteiger charge is 2.16. The van der Waals surface area contributed by atoms with Crippen LogP contribution in [-0.2, 0) is 19.6 Å². The molecule has 0 bridgehead atoms. The summed E-state index contributed by atoms with van der Waals surface area (Å²) in [5, 5.41) is 34.5. The minimum absolute atomic E-state index is 0.480. The van der Waals surface area contributed by atoms with Gasteiger partial charge in [-0.2, -0.15) is 9.83 Å². The molecule has 10 nitrogen and oxygen atoms in total. The first kappa shape index (κ1) is 22.6. The van der Waals surface area contributed by atoms with Crippen molar-refractivity contribution in [2.45, 2.75) is 26.6 Å². The molecule has 5 aromatic rings. The standard InChI is InChI=1S/C24H23ClN8O2/c1-3-33-24-18(14-29-33)21-17(13-28-24)22(26-11-15-6-8-32(34)9-7-15)30-31-23(21)27-12-16-4-5-20(35-2)19(25)10-16/h4-10,13-14H,3,11-12H2,1-2H3,(H,26,30)(H,27,31). The van der Waals surface area contributed by atoms with E-state index in [0.29, 0.717) is 42.0 Å². The Morgan fingerprint density at radius 3 is 2.49 bits per heavy atom. The zero-order chi connectivity index (χ0) is 24.4. The number of hydrogen-bond donors (Lipinski definition) is 2. The normalized spacial score (nSPS) is 11.2. The Labute approximate surface area is 206 Å². The number of fused-ring (bicyclic) bond motifs is 3. The highest BCUT2D eigenvalue weighted by atomic mass is 35.5. The third-order valence-electron chi connectivity index (χ3n) is 5.71. The van der Waals surface area contributed by atoms with Crippen molar-refractivity contribution in [3.63, 3.8) is 0 Å². The highest BCUT2D eigenvalue weighted by molar-refractivity contribution is 6.32. The monoisotopic (exact) mass is 490 g/mol. The SMILES string of the molecule is CCn1ncc2c3c(NCc4ccc(OC)c(Cl)c4)nnc(NCc4cc[n+]([O-])cc4)c3cnc21. The van der Waals surface area contributed by atoms with E-state index in [0.717, 1.165) is 37.7 Å². The summed E-state index contributed by atoms with van der Waals surface area (Å²) in [6, 6.07) is 9.15. The first-order valence-corrected chi connectivity index (χ1v) is 11.4. The lowest BCUT2D eigenvalue weighted by Gasteiger charge is -2.13. The molecule has 0 fully saturated rings. The first-order chi connectivity index (χ1) is 17.1. The summed E-state index contributed by atoms with van der Waals surface area (Å²) < 4.78 is 7.84. The molecule has 4 heterocycles. The Bertz CT molecular complexity index is 1500. The lowest BCUT2D eigenvalue weighted by Crippen LogP contribution is -2.24. The average molecular weight is 491 g/mol. The fraction of sp³-hybridized carbons (Fsp3) is 0.208. The molecule has 0 amide bonds. The third kappa shape index (κ3) is 4.47. The smallest absolute Gasteiger partial charge is 0.180 e. The van der Waals surface area contributed by atoms with Gasteiger partial charge in [-0.05, 0) is 30.2 Å². The molecule has 0 aliphatic carbocycles. The lowest BCUT2D eigenvalue weighted by molar-refractivity contribution is -0.605. The van der Waals surface area contributed by atoms with Gasteiger partial charge >= 0.3 is 0 Å². The molecule has 0 saturated heterocycles. The van der Waals surface area contributed by atoms with E-state index in [1.54, 1.807) is 31.6 Å². The molecule has 5 rings (SSSR count). The summed E-state index contributed by atoms with van der Waals surface area (Å²) in [4.78, 5) is 4.65. The molecular weight excluding hydrogens is 468 g/mol. The molecule has 0 radical (unpaired) electrons. The minimum Gasteiger partial charge on any atom is -0.619 e. The largest absolute Gasteiger partial charge is 0.619 e. The van der Waals surface area contributed by atoms with Crippen LogP contribution in [0.25, 0.3) is 21.8 Å². The van der Waals surface area contributed by atoms with Crippen LogP contribution in [0.2, 0.25) is 5.02 Å². The van der Waals surface area contributed by atoms with Crippen molar-refractivity contribution in [1.82, 2.24) is 25.0 Å². The Hall–Kier alpha value is -4.18. The van der Waals surface area contributed by atoms with Crippen LogP contribution < -0.4 is 20.1 Å². The van der Waals surface area contributed by atoms with E-state index < -0.39 is 0 Å². The summed E-state index contributed by atoms with van der Waals surface area (Å²) in [6.45, 7) is 3.69. The molecule has 0 atom stereocenters. The van der Waals surface area contributed by atoms with Crippen molar-refractivity contribution in [1.29, 1.82) is 0 Å². The van der Waals surface area contributed by atoms with Crippen LogP contribution >= 0.6 is 11.6 Å². The molecule has 4 aromatic heterocycles. The number of nitrogens with one attached hydrogen (secondary N) is 2. The second kappa shape index (κ2) is 9.59. The molecule has 178 valence electrons. The zero-order valence-corrected chi connectivity index (χ0v) is 20.0. The fourth-order valence-corrected chi connectivity index (χ4v) is 4.18. The number of aryl methyl sites for hydroxylation is 1. The fourth-order valence-electron chi connectivity index (χ4n) is 3.90. The van der Waals surface area contributed by atoms with Gasteiger partial charge < -0.3 is 20.6 Å². The van der Waals surface area contributed by atoms with Gasteiger partial charge in [0.1, 0.15) is 5.75 Å². The quantitative estimate of drug-likeness (QED) is 0.248. The molecule has 0 aliphatic heterocycles. The Kier molecular flexibility index (Phi) is 6.19. The van der Waals surface area contributed by atoms with Crippen molar-refractivity contribution < 1.29 is 9.47 Å². The van der Waals surface area contributed by atoms with E-state index >= 15 is 0 Å². The second-order valence-corrected chi connectivity index (χ2v) is 8.29. The van der Waals surface area contributed by atoms with E-state index in [2.05, 4.69) is 30.9 Å². The number of rotatable bonds is 8. The second-order valence-electron chi connectivity index (χ2n) is 7.88. The van der Waals surface area contributed by atoms with Crippen molar-refractivity contribution >= 4 is 45.0 Å². The Balaban J connectivity index is 1.51. The lowest BCUT2D eigenvalue weighted by atomic mass is 10.1. The number of anilines is 2. The Morgan fingerprint density at radius 2 is 1.74 bits per heavy atom. The van der Waals surface area contributed by atoms with Gasteiger partial charge in [0.15, 0.2) is 29.7 Å². The van der Waals surface area contributed by atoms with Crippen LogP contribution in [0.5, 0.6) is 5.75 Å². The molecule has 0 aliphatic rings. The van der Waals surface area contributed by atoms with Crippen LogP contribution in [0.15, 0.2) is 55.1 Å².